The van der Waals surface area contributed by atoms with Crippen LogP contribution in [0.2, 0.25) is 0 Å². The van der Waals surface area contributed by atoms with E-state index >= 15 is 0 Å². The third kappa shape index (κ3) is 3.78. The minimum absolute atomic E-state index is 0.0960. The third-order valence-electron chi connectivity index (χ3n) is 4.33. The SMILES string of the molecule is C[C@@H]1CN(S(=O)(=O)N[C@@H](C)c2ccc3ccccc3c2)C[C@H](C)O1. The van der Waals surface area contributed by atoms with Gasteiger partial charge in [0.25, 0.3) is 10.2 Å². The van der Waals surface area contributed by atoms with E-state index in [0.29, 0.717) is 13.1 Å². The third-order valence-corrected chi connectivity index (χ3v) is 5.95. The number of morpholine rings is 1. The van der Waals surface area contributed by atoms with Crippen molar-refractivity contribution in [2.75, 3.05) is 13.1 Å². The molecule has 0 aliphatic carbocycles. The second-order valence-electron chi connectivity index (χ2n) is 6.53. The highest BCUT2D eigenvalue weighted by molar-refractivity contribution is 7.87. The van der Waals surface area contributed by atoms with Crippen molar-refractivity contribution in [1.29, 1.82) is 0 Å². The van der Waals surface area contributed by atoms with Crippen molar-refractivity contribution in [3.8, 4) is 0 Å². The van der Waals surface area contributed by atoms with Gasteiger partial charge in [-0.15, -0.1) is 0 Å². The van der Waals surface area contributed by atoms with Gasteiger partial charge in [0.15, 0.2) is 0 Å². The number of ether oxygens (including phenoxy) is 1. The first kappa shape index (κ1) is 17.4. The molecule has 24 heavy (non-hydrogen) atoms. The maximum absolute atomic E-state index is 12.7. The monoisotopic (exact) mass is 348 g/mol. The van der Waals surface area contributed by atoms with Gasteiger partial charge in [-0.1, -0.05) is 36.4 Å². The molecule has 0 bridgehead atoms. The van der Waals surface area contributed by atoms with Crippen LogP contribution in [0, 0.1) is 0 Å². The zero-order chi connectivity index (χ0) is 17.3. The van der Waals surface area contributed by atoms with Crippen molar-refractivity contribution >= 4 is 21.0 Å². The molecule has 0 unspecified atom stereocenters. The molecule has 3 atom stereocenters. The Morgan fingerprint density at radius 2 is 1.71 bits per heavy atom. The smallest absolute Gasteiger partial charge is 0.280 e. The van der Waals surface area contributed by atoms with Crippen LogP contribution in [0.15, 0.2) is 42.5 Å². The van der Waals surface area contributed by atoms with E-state index in [9.17, 15) is 8.42 Å². The molecule has 0 radical (unpaired) electrons. The van der Waals surface area contributed by atoms with E-state index in [1.165, 1.54) is 4.31 Å². The Balaban J connectivity index is 1.78. The summed E-state index contributed by atoms with van der Waals surface area (Å²) in [5, 5.41) is 2.25. The van der Waals surface area contributed by atoms with Crippen LogP contribution in [0.3, 0.4) is 0 Å². The molecule has 2 aromatic carbocycles. The fourth-order valence-corrected chi connectivity index (χ4v) is 4.71. The molecular weight excluding hydrogens is 324 g/mol. The highest BCUT2D eigenvalue weighted by atomic mass is 32.2. The number of rotatable bonds is 4. The largest absolute Gasteiger partial charge is 0.373 e. The minimum Gasteiger partial charge on any atom is -0.373 e. The molecule has 5 nitrogen and oxygen atoms in total. The summed E-state index contributed by atoms with van der Waals surface area (Å²) < 4.78 is 35.2. The van der Waals surface area contributed by atoms with Crippen molar-refractivity contribution in [3.63, 3.8) is 0 Å². The molecule has 2 aromatic rings. The predicted octanol–water partition coefficient (Wildman–Crippen LogP) is 2.84. The molecule has 1 aliphatic heterocycles. The van der Waals surface area contributed by atoms with Crippen molar-refractivity contribution in [1.82, 2.24) is 9.03 Å². The van der Waals surface area contributed by atoms with Gasteiger partial charge in [0.1, 0.15) is 0 Å². The molecule has 0 aromatic heterocycles. The van der Waals surface area contributed by atoms with Crippen LogP contribution >= 0.6 is 0 Å². The van der Waals surface area contributed by atoms with Crippen LogP contribution in [0.25, 0.3) is 10.8 Å². The first-order valence-corrected chi connectivity index (χ1v) is 9.71. The van der Waals surface area contributed by atoms with Crippen molar-refractivity contribution in [2.24, 2.45) is 0 Å². The lowest BCUT2D eigenvalue weighted by atomic mass is 10.0. The lowest BCUT2D eigenvalue weighted by Crippen LogP contribution is -2.52. The molecular formula is C18H24N2O3S. The van der Waals surface area contributed by atoms with Crippen molar-refractivity contribution in [3.05, 3.63) is 48.0 Å². The zero-order valence-corrected chi connectivity index (χ0v) is 15.1. The first-order chi connectivity index (χ1) is 11.3. The van der Waals surface area contributed by atoms with Gasteiger partial charge in [0.05, 0.1) is 12.2 Å². The van der Waals surface area contributed by atoms with Gasteiger partial charge < -0.3 is 4.74 Å². The van der Waals surface area contributed by atoms with Crippen LogP contribution < -0.4 is 4.72 Å². The second-order valence-corrected chi connectivity index (χ2v) is 8.23. The van der Waals surface area contributed by atoms with Gasteiger partial charge in [-0.05, 0) is 43.2 Å². The van der Waals surface area contributed by atoms with Crippen molar-refractivity contribution < 1.29 is 13.2 Å². The number of nitrogens with zero attached hydrogens (tertiary/aromatic N) is 1. The van der Waals surface area contributed by atoms with Crippen LogP contribution in [-0.2, 0) is 14.9 Å². The summed E-state index contributed by atoms with van der Waals surface area (Å²) in [6.45, 7) is 6.42. The number of benzene rings is 2. The molecule has 1 aliphatic rings. The quantitative estimate of drug-likeness (QED) is 0.924. The van der Waals surface area contributed by atoms with E-state index in [1.54, 1.807) is 0 Å². The van der Waals surface area contributed by atoms with Gasteiger partial charge in [0, 0.05) is 19.1 Å². The Morgan fingerprint density at radius 3 is 2.38 bits per heavy atom. The van der Waals surface area contributed by atoms with E-state index in [2.05, 4.69) is 4.72 Å². The number of hydrogen-bond donors (Lipinski definition) is 1. The van der Waals surface area contributed by atoms with E-state index < -0.39 is 10.2 Å². The number of hydrogen-bond acceptors (Lipinski definition) is 3. The molecule has 130 valence electrons. The molecule has 1 N–H and O–H groups in total. The van der Waals surface area contributed by atoms with E-state index in [4.69, 9.17) is 4.74 Å². The van der Waals surface area contributed by atoms with Gasteiger partial charge in [-0.25, -0.2) is 0 Å². The van der Waals surface area contributed by atoms with Gasteiger partial charge in [-0.3, -0.25) is 0 Å². The average Bonchev–Trinajstić information content (AvgIpc) is 2.53. The second kappa shape index (κ2) is 6.80. The Hall–Kier alpha value is -1.47. The summed E-state index contributed by atoms with van der Waals surface area (Å²) in [6, 6.07) is 13.8. The lowest BCUT2D eigenvalue weighted by molar-refractivity contribution is -0.0444. The average molecular weight is 348 g/mol. The molecule has 1 saturated heterocycles. The van der Waals surface area contributed by atoms with Crippen LogP contribution in [-0.4, -0.2) is 38.0 Å². The minimum atomic E-state index is -3.55. The van der Waals surface area contributed by atoms with E-state index in [-0.39, 0.29) is 18.2 Å². The standard InChI is InChI=1S/C18H24N2O3S/c1-13-11-20(12-14(2)23-13)24(21,22)19-15(3)17-9-8-16-6-4-5-7-18(16)10-17/h4-10,13-15,19H,11-12H2,1-3H3/t13-,14+,15-/m0/s1. The number of nitrogens with one attached hydrogen (secondary N) is 1. The zero-order valence-electron chi connectivity index (χ0n) is 14.3. The van der Waals surface area contributed by atoms with Gasteiger partial charge in [-0.2, -0.15) is 17.4 Å². The maximum Gasteiger partial charge on any atom is 0.280 e. The maximum atomic E-state index is 12.7. The summed E-state index contributed by atoms with van der Waals surface area (Å²) >= 11 is 0. The van der Waals surface area contributed by atoms with E-state index in [1.807, 2.05) is 63.2 Å². The summed E-state index contributed by atoms with van der Waals surface area (Å²) in [7, 11) is -3.55. The molecule has 0 saturated carbocycles. The summed E-state index contributed by atoms with van der Waals surface area (Å²) in [5.41, 5.74) is 0.951. The lowest BCUT2D eigenvalue weighted by Gasteiger charge is -2.35. The fourth-order valence-electron chi connectivity index (χ4n) is 3.17. The summed E-state index contributed by atoms with van der Waals surface area (Å²) in [6.07, 6.45) is -0.192. The Bertz CT molecular complexity index is 812. The van der Waals surface area contributed by atoms with Crippen LogP contribution in [0.1, 0.15) is 32.4 Å². The number of fused-ring (bicyclic) bond motifs is 1. The highest BCUT2D eigenvalue weighted by Gasteiger charge is 2.31. The summed E-state index contributed by atoms with van der Waals surface area (Å²) in [4.78, 5) is 0. The molecule has 0 spiro atoms. The van der Waals surface area contributed by atoms with Gasteiger partial charge in [0.2, 0.25) is 0 Å². The normalized spacial score (nSPS) is 24.1. The predicted molar refractivity (Wildman–Crippen MR) is 96.0 cm³/mol. The van der Waals surface area contributed by atoms with E-state index in [0.717, 1.165) is 16.3 Å². The Morgan fingerprint density at radius 1 is 1.08 bits per heavy atom. The molecule has 1 fully saturated rings. The highest BCUT2D eigenvalue weighted by Crippen LogP contribution is 2.22. The molecule has 6 heteroatoms. The molecule has 3 rings (SSSR count). The summed E-state index contributed by atoms with van der Waals surface area (Å²) in [5.74, 6) is 0. The topological polar surface area (TPSA) is 58.6 Å². The van der Waals surface area contributed by atoms with Gasteiger partial charge >= 0.3 is 0 Å². The van der Waals surface area contributed by atoms with Crippen LogP contribution in [0.5, 0.6) is 0 Å². The Labute approximate surface area is 143 Å². The van der Waals surface area contributed by atoms with Crippen molar-refractivity contribution in [2.45, 2.75) is 39.0 Å². The first-order valence-electron chi connectivity index (χ1n) is 8.27. The fraction of sp³-hybridized carbons (Fsp3) is 0.444. The molecule has 1 heterocycles. The molecule has 0 amide bonds. The van der Waals surface area contributed by atoms with Crippen LogP contribution in [0.4, 0.5) is 0 Å². The Kier molecular flexibility index (Phi) is 4.92.